The number of fused-ring (bicyclic) bond motifs is 1. The van der Waals surface area contributed by atoms with Crippen LogP contribution >= 0.6 is 0 Å². The Labute approximate surface area is 92.8 Å². The number of rotatable bonds is 3. The van der Waals surface area contributed by atoms with E-state index in [0.29, 0.717) is 0 Å². The molecule has 0 amide bonds. The summed E-state index contributed by atoms with van der Waals surface area (Å²) < 4.78 is 1.85. The molecule has 0 saturated carbocycles. The van der Waals surface area contributed by atoms with Crippen molar-refractivity contribution in [2.24, 2.45) is 0 Å². The molecule has 2 aromatic rings. The third-order valence-electron chi connectivity index (χ3n) is 2.50. The van der Waals surface area contributed by atoms with E-state index in [2.05, 4.69) is 11.6 Å². The number of hydrogen-bond donors (Lipinski definition) is 1. The molecule has 1 aromatic carbocycles. The summed E-state index contributed by atoms with van der Waals surface area (Å²) in [7, 11) is 0. The number of carbonyl (C=O) groups is 1. The lowest BCUT2D eigenvalue weighted by Crippen LogP contribution is -2.09. The first kappa shape index (κ1) is 10.4. The second-order valence-electron chi connectivity index (χ2n) is 3.64. The highest BCUT2D eigenvalue weighted by atomic mass is 16.4. The maximum Gasteiger partial charge on any atom is 0.332 e. The van der Waals surface area contributed by atoms with E-state index in [1.54, 1.807) is 0 Å². The summed E-state index contributed by atoms with van der Waals surface area (Å²) in [5, 5.41) is 8.81. The molecule has 0 atom stereocenters. The van der Waals surface area contributed by atoms with Crippen molar-refractivity contribution in [1.82, 2.24) is 9.55 Å². The summed E-state index contributed by atoms with van der Waals surface area (Å²) in [5.41, 5.74) is 1.96. The lowest BCUT2D eigenvalue weighted by atomic mass is 10.3. The topological polar surface area (TPSA) is 55.1 Å². The highest BCUT2D eigenvalue weighted by Crippen LogP contribution is 2.16. The number of aliphatic carboxylic acids is 1. The third kappa shape index (κ3) is 1.69. The van der Waals surface area contributed by atoms with E-state index in [0.717, 1.165) is 16.9 Å². The Morgan fingerprint density at radius 2 is 2.19 bits per heavy atom. The average molecular weight is 216 g/mol. The van der Waals surface area contributed by atoms with E-state index in [9.17, 15) is 4.79 Å². The smallest absolute Gasteiger partial charge is 0.332 e. The van der Waals surface area contributed by atoms with E-state index in [1.807, 2.05) is 35.8 Å². The summed E-state index contributed by atoms with van der Waals surface area (Å²) in [5.74, 6) is -0.180. The van der Waals surface area contributed by atoms with Crippen molar-refractivity contribution in [2.75, 3.05) is 0 Å². The molecule has 0 aliphatic carbocycles. The Bertz CT molecular complexity index is 569. The van der Waals surface area contributed by atoms with Crippen LogP contribution in [0.5, 0.6) is 0 Å². The third-order valence-corrected chi connectivity index (χ3v) is 2.50. The molecule has 1 aromatic heterocycles. The molecule has 1 N–H and O–H groups in total. The van der Waals surface area contributed by atoms with Gasteiger partial charge in [-0.2, -0.15) is 0 Å². The molecule has 0 spiro atoms. The molecular weight excluding hydrogens is 204 g/mol. The Morgan fingerprint density at radius 3 is 2.88 bits per heavy atom. The Hall–Kier alpha value is -2.10. The molecule has 0 saturated heterocycles. The van der Waals surface area contributed by atoms with Gasteiger partial charge in [0.2, 0.25) is 0 Å². The lowest BCUT2D eigenvalue weighted by Gasteiger charge is -2.05. The van der Waals surface area contributed by atoms with Crippen LogP contribution < -0.4 is 0 Å². The van der Waals surface area contributed by atoms with Crippen LogP contribution in [0, 0.1) is 6.92 Å². The summed E-state index contributed by atoms with van der Waals surface area (Å²) in [6, 6.07) is 7.64. The van der Waals surface area contributed by atoms with Crippen LogP contribution in [0.1, 0.15) is 5.82 Å². The zero-order chi connectivity index (χ0) is 11.7. The minimum absolute atomic E-state index is 0.159. The summed E-state index contributed by atoms with van der Waals surface area (Å²) in [6.45, 7) is 5.65. The quantitative estimate of drug-likeness (QED) is 0.798. The van der Waals surface area contributed by atoms with E-state index in [-0.39, 0.29) is 12.1 Å². The molecule has 2 rings (SSSR count). The second kappa shape index (κ2) is 3.81. The van der Waals surface area contributed by atoms with Gasteiger partial charge in [0.1, 0.15) is 5.82 Å². The first-order chi connectivity index (χ1) is 7.59. The van der Waals surface area contributed by atoms with Gasteiger partial charge in [-0.1, -0.05) is 18.7 Å². The number of imidazole rings is 1. The highest BCUT2D eigenvalue weighted by molar-refractivity contribution is 5.86. The van der Waals surface area contributed by atoms with Gasteiger partial charge in [0.15, 0.2) is 0 Å². The van der Waals surface area contributed by atoms with Crippen LogP contribution in [0.15, 0.2) is 36.4 Å². The summed E-state index contributed by atoms with van der Waals surface area (Å²) in [4.78, 5) is 15.1. The molecule has 0 unspecified atom stereocenters. The van der Waals surface area contributed by atoms with Crippen molar-refractivity contribution in [3.63, 3.8) is 0 Å². The maximum atomic E-state index is 10.7. The maximum absolute atomic E-state index is 10.7. The molecule has 0 bridgehead atoms. The average Bonchev–Trinajstić information content (AvgIpc) is 2.55. The van der Waals surface area contributed by atoms with E-state index in [1.165, 1.54) is 0 Å². The van der Waals surface area contributed by atoms with Gasteiger partial charge in [0.05, 0.1) is 17.6 Å². The summed E-state index contributed by atoms with van der Waals surface area (Å²) >= 11 is 0. The molecule has 0 aliphatic rings. The number of benzene rings is 1. The largest absolute Gasteiger partial charge is 0.478 e. The first-order valence-corrected chi connectivity index (χ1v) is 4.92. The van der Waals surface area contributed by atoms with Crippen molar-refractivity contribution < 1.29 is 9.90 Å². The van der Waals surface area contributed by atoms with Crippen molar-refractivity contribution in [1.29, 1.82) is 0 Å². The van der Waals surface area contributed by atoms with Crippen molar-refractivity contribution >= 4 is 17.0 Å². The number of aromatic nitrogens is 2. The molecular formula is C12H12N2O2. The van der Waals surface area contributed by atoms with Gasteiger partial charge in [-0.15, -0.1) is 0 Å². The number of hydrogen-bond acceptors (Lipinski definition) is 2. The second-order valence-corrected chi connectivity index (χ2v) is 3.64. The van der Waals surface area contributed by atoms with E-state index >= 15 is 0 Å². The monoisotopic (exact) mass is 216 g/mol. The number of carboxylic acids is 1. The van der Waals surface area contributed by atoms with Crippen LogP contribution in [0.2, 0.25) is 0 Å². The SMILES string of the molecule is C=C(Cn1c(C)nc2ccccc21)C(=O)O. The van der Waals surface area contributed by atoms with Gasteiger partial charge in [0, 0.05) is 5.57 Å². The van der Waals surface area contributed by atoms with Gasteiger partial charge in [-0.05, 0) is 19.1 Å². The number of nitrogens with zero attached hydrogens (tertiary/aromatic N) is 2. The minimum atomic E-state index is -0.975. The van der Waals surface area contributed by atoms with Gasteiger partial charge in [0.25, 0.3) is 0 Å². The van der Waals surface area contributed by atoms with Gasteiger partial charge in [-0.25, -0.2) is 9.78 Å². The fraction of sp³-hybridized carbons (Fsp3) is 0.167. The lowest BCUT2D eigenvalue weighted by molar-refractivity contribution is -0.132. The molecule has 82 valence electrons. The molecule has 0 fully saturated rings. The van der Waals surface area contributed by atoms with Crippen molar-refractivity contribution in [2.45, 2.75) is 13.5 Å². The number of aryl methyl sites for hydroxylation is 1. The van der Waals surface area contributed by atoms with Gasteiger partial charge < -0.3 is 9.67 Å². The predicted molar refractivity (Wildman–Crippen MR) is 61.2 cm³/mol. The molecule has 0 aliphatic heterocycles. The van der Waals surface area contributed by atoms with Gasteiger partial charge >= 0.3 is 5.97 Å². The van der Waals surface area contributed by atoms with Crippen molar-refractivity contribution in [3.05, 3.63) is 42.2 Å². The fourth-order valence-corrected chi connectivity index (χ4v) is 1.65. The van der Waals surface area contributed by atoms with Crippen LogP contribution in [-0.2, 0) is 11.3 Å². The predicted octanol–water partition coefficient (Wildman–Crippen LogP) is 1.99. The molecule has 4 nitrogen and oxygen atoms in total. The van der Waals surface area contributed by atoms with Gasteiger partial charge in [-0.3, -0.25) is 0 Å². The van der Waals surface area contributed by atoms with Crippen molar-refractivity contribution in [3.8, 4) is 0 Å². The Morgan fingerprint density at radius 1 is 1.50 bits per heavy atom. The van der Waals surface area contributed by atoms with E-state index in [4.69, 9.17) is 5.11 Å². The normalized spacial score (nSPS) is 10.6. The van der Waals surface area contributed by atoms with Crippen LogP contribution in [0.25, 0.3) is 11.0 Å². The Kier molecular flexibility index (Phi) is 2.48. The molecule has 1 heterocycles. The molecule has 16 heavy (non-hydrogen) atoms. The zero-order valence-electron chi connectivity index (χ0n) is 8.97. The van der Waals surface area contributed by atoms with Crippen LogP contribution in [-0.4, -0.2) is 20.6 Å². The van der Waals surface area contributed by atoms with Crippen LogP contribution in [0.3, 0.4) is 0 Å². The standard InChI is InChI=1S/C12H12N2O2/c1-8(12(15)16)7-14-9(2)13-10-5-3-4-6-11(10)14/h3-6H,1,7H2,2H3,(H,15,16). The molecule has 4 heteroatoms. The zero-order valence-corrected chi connectivity index (χ0v) is 8.97. The number of para-hydroxylation sites is 2. The van der Waals surface area contributed by atoms with Crippen LogP contribution in [0.4, 0.5) is 0 Å². The first-order valence-electron chi connectivity index (χ1n) is 4.92. The number of carboxylic acid groups (broad SMARTS) is 1. The summed E-state index contributed by atoms with van der Waals surface area (Å²) in [6.07, 6.45) is 0. The van der Waals surface area contributed by atoms with E-state index < -0.39 is 5.97 Å². The highest BCUT2D eigenvalue weighted by Gasteiger charge is 2.10. The minimum Gasteiger partial charge on any atom is -0.478 e. The fourth-order valence-electron chi connectivity index (χ4n) is 1.65. The Balaban J connectivity index is 2.47. The molecule has 0 radical (unpaired) electrons.